The molecule has 0 aromatic carbocycles. The zero-order valence-electron chi connectivity index (χ0n) is 4.67. The largest absolute Gasteiger partial charge is 0.390 e. The van der Waals surface area contributed by atoms with Gasteiger partial charge in [0.1, 0.15) is 19.8 Å². The first kappa shape index (κ1) is 7.84. The summed E-state index contributed by atoms with van der Waals surface area (Å²) in [5.74, 6) is 0. The van der Waals surface area contributed by atoms with Crippen molar-refractivity contribution in [1.82, 2.24) is 0 Å². The Labute approximate surface area is 47.6 Å². The third kappa shape index (κ3) is 1.75. The molecule has 0 fully saturated rings. The van der Waals surface area contributed by atoms with Crippen LogP contribution in [-0.2, 0) is 0 Å². The molecule has 0 aliphatic heterocycles. The van der Waals surface area contributed by atoms with Crippen LogP contribution >= 0.6 is 0 Å². The normalized spacial score (nSPS) is 12.0. The highest BCUT2D eigenvalue weighted by Crippen LogP contribution is 1.89. The van der Waals surface area contributed by atoms with Crippen LogP contribution in [0.5, 0.6) is 0 Å². The molecule has 0 rings (SSSR count). The Balaban J connectivity index is 3.58. The van der Waals surface area contributed by atoms with E-state index in [2.05, 4.69) is 5.73 Å². The van der Waals surface area contributed by atoms with Gasteiger partial charge in [-0.1, -0.05) is 0 Å². The highest BCUT2D eigenvalue weighted by atomic mass is 16.3. The van der Waals surface area contributed by atoms with Crippen LogP contribution in [0.1, 0.15) is 0 Å². The lowest BCUT2D eigenvalue weighted by Crippen LogP contribution is -2.78. The molecule has 0 aliphatic carbocycles. The van der Waals surface area contributed by atoms with Crippen LogP contribution in [0, 0.1) is 0 Å². The molecule has 6 N–H and O–H groups in total. The molecule has 0 aromatic heterocycles. The van der Waals surface area contributed by atoms with E-state index in [0.29, 0.717) is 0 Å². The summed E-state index contributed by atoms with van der Waals surface area (Å²) in [5, 5.41) is 25.2. The van der Waals surface area contributed by atoms with E-state index in [9.17, 15) is 0 Å². The van der Waals surface area contributed by atoms with Gasteiger partial charge in [-0.05, 0) is 0 Å². The van der Waals surface area contributed by atoms with Crippen molar-refractivity contribution < 1.29 is 21.1 Å². The third-order valence-corrected chi connectivity index (χ3v) is 1.01. The van der Waals surface area contributed by atoms with Crippen molar-refractivity contribution >= 4 is 0 Å². The van der Waals surface area contributed by atoms with Crippen molar-refractivity contribution in [2.75, 3.05) is 19.8 Å². The second-order valence-electron chi connectivity index (χ2n) is 1.97. The first-order valence-electron chi connectivity index (χ1n) is 2.36. The van der Waals surface area contributed by atoms with Crippen molar-refractivity contribution in [2.24, 2.45) is 0 Å². The van der Waals surface area contributed by atoms with Gasteiger partial charge in [0.25, 0.3) is 0 Å². The van der Waals surface area contributed by atoms with Crippen LogP contribution in [0.4, 0.5) is 0 Å². The first-order valence-corrected chi connectivity index (χ1v) is 2.36. The fraction of sp³-hybridized carbons (Fsp3) is 1.00. The maximum Gasteiger partial charge on any atom is 0.164 e. The average molecular weight is 122 g/mol. The molecule has 0 bridgehead atoms. The SMILES string of the molecule is [NH3+]C(CO)(CO)CO. The fourth-order valence-electron chi connectivity index (χ4n) is 0.150. The number of quaternary nitrogens is 1. The van der Waals surface area contributed by atoms with Crippen LogP contribution in [-0.4, -0.2) is 40.7 Å². The maximum atomic E-state index is 8.40. The van der Waals surface area contributed by atoms with Gasteiger partial charge in [0.05, 0.1) is 0 Å². The van der Waals surface area contributed by atoms with Crippen LogP contribution in [0.3, 0.4) is 0 Å². The Kier molecular flexibility index (Phi) is 2.93. The van der Waals surface area contributed by atoms with Crippen molar-refractivity contribution in [2.45, 2.75) is 5.54 Å². The summed E-state index contributed by atoms with van der Waals surface area (Å²) in [6.45, 7) is -0.875. The second-order valence-corrected chi connectivity index (χ2v) is 1.97. The van der Waals surface area contributed by atoms with Gasteiger partial charge >= 0.3 is 0 Å². The summed E-state index contributed by atoms with van der Waals surface area (Å²) in [6, 6.07) is 0. The molecule has 0 unspecified atom stereocenters. The minimum atomic E-state index is -0.958. The molecule has 0 aliphatic rings. The van der Waals surface area contributed by atoms with Gasteiger partial charge < -0.3 is 21.1 Å². The number of hydrogen-bond acceptors (Lipinski definition) is 3. The Hall–Kier alpha value is -0.160. The lowest BCUT2D eigenvalue weighted by atomic mass is 10.1. The minimum absolute atomic E-state index is 0.292. The second kappa shape index (κ2) is 2.99. The van der Waals surface area contributed by atoms with E-state index in [1.165, 1.54) is 0 Å². The highest BCUT2D eigenvalue weighted by Gasteiger charge is 2.25. The number of aliphatic hydroxyl groups is 3. The number of aliphatic hydroxyl groups excluding tert-OH is 3. The van der Waals surface area contributed by atoms with Crippen LogP contribution < -0.4 is 5.73 Å². The zero-order valence-corrected chi connectivity index (χ0v) is 4.67. The predicted molar refractivity (Wildman–Crippen MR) is 26.9 cm³/mol. The van der Waals surface area contributed by atoms with Crippen molar-refractivity contribution in [1.29, 1.82) is 0 Å². The van der Waals surface area contributed by atoms with E-state index in [-0.39, 0.29) is 19.8 Å². The Morgan fingerprint density at radius 3 is 1.25 bits per heavy atom. The standard InChI is InChI=1S/C4H11NO3/c5-4(1-6,2-7)3-8/h6-8H,1-3,5H2/p+1. The van der Waals surface area contributed by atoms with E-state index in [0.717, 1.165) is 0 Å². The number of hydrogen-bond donors (Lipinski definition) is 4. The van der Waals surface area contributed by atoms with Gasteiger partial charge in [0, 0.05) is 0 Å². The van der Waals surface area contributed by atoms with Crippen LogP contribution in [0.2, 0.25) is 0 Å². The monoisotopic (exact) mass is 122 g/mol. The van der Waals surface area contributed by atoms with Gasteiger partial charge in [-0.15, -0.1) is 0 Å². The molecule has 0 heterocycles. The average Bonchev–Trinajstić information content (AvgIpc) is 1.87. The summed E-state index contributed by atoms with van der Waals surface area (Å²) in [4.78, 5) is 0. The van der Waals surface area contributed by atoms with Gasteiger partial charge in [-0.25, -0.2) is 0 Å². The van der Waals surface area contributed by atoms with Gasteiger partial charge in [0.2, 0.25) is 0 Å². The van der Waals surface area contributed by atoms with E-state index >= 15 is 0 Å². The van der Waals surface area contributed by atoms with E-state index in [1.54, 1.807) is 0 Å². The van der Waals surface area contributed by atoms with Crippen LogP contribution in [0.15, 0.2) is 0 Å². The van der Waals surface area contributed by atoms with Crippen molar-refractivity contribution in [3.05, 3.63) is 0 Å². The Morgan fingerprint density at radius 1 is 1.00 bits per heavy atom. The Morgan fingerprint density at radius 2 is 1.25 bits per heavy atom. The zero-order chi connectivity index (χ0) is 6.62. The van der Waals surface area contributed by atoms with Gasteiger partial charge in [-0.2, -0.15) is 0 Å². The lowest BCUT2D eigenvalue weighted by Gasteiger charge is -2.16. The van der Waals surface area contributed by atoms with Crippen LogP contribution in [0.25, 0.3) is 0 Å². The molecule has 0 aromatic rings. The lowest BCUT2D eigenvalue weighted by molar-refractivity contribution is -0.494. The Bertz CT molecular complexity index is 54.0. The maximum absolute atomic E-state index is 8.40. The molecule has 8 heavy (non-hydrogen) atoms. The van der Waals surface area contributed by atoms with Gasteiger partial charge in [0.15, 0.2) is 5.54 Å². The quantitative estimate of drug-likeness (QED) is 0.320. The molecule has 4 nitrogen and oxygen atoms in total. The molecular weight excluding hydrogens is 110 g/mol. The molecule has 0 saturated carbocycles. The molecule has 0 atom stereocenters. The van der Waals surface area contributed by atoms with E-state index in [4.69, 9.17) is 15.3 Å². The molecule has 4 heteroatoms. The highest BCUT2D eigenvalue weighted by molar-refractivity contribution is 4.71. The van der Waals surface area contributed by atoms with Gasteiger partial charge in [-0.3, -0.25) is 0 Å². The minimum Gasteiger partial charge on any atom is -0.390 e. The summed E-state index contributed by atoms with van der Waals surface area (Å²) >= 11 is 0. The topological polar surface area (TPSA) is 88.3 Å². The first-order chi connectivity index (χ1) is 3.68. The molecule has 0 saturated heterocycles. The molecule has 0 spiro atoms. The predicted octanol–water partition coefficient (Wildman–Crippen LogP) is -3.06. The summed E-state index contributed by atoms with van der Waals surface area (Å²) < 4.78 is 0. The van der Waals surface area contributed by atoms with E-state index < -0.39 is 5.54 Å². The summed E-state index contributed by atoms with van der Waals surface area (Å²) in [6.07, 6.45) is 0. The van der Waals surface area contributed by atoms with Crippen molar-refractivity contribution in [3.63, 3.8) is 0 Å². The smallest absolute Gasteiger partial charge is 0.164 e. The molecule has 50 valence electrons. The fourth-order valence-corrected chi connectivity index (χ4v) is 0.150. The van der Waals surface area contributed by atoms with Crippen molar-refractivity contribution in [3.8, 4) is 0 Å². The molecule has 0 radical (unpaired) electrons. The number of rotatable bonds is 3. The molecular formula is C4H12NO3+. The summed E-state index contributed by atoms with van der Waals surface area (Å²) in [7, 11) is 0. The molecule has 0 amide bonds. The van der Waals surface area contributed by atoms with E-state index in [1.807, 2.05) is 0 Å². The summed E-state index contributed by atoms with van der Waals surface area (Å²) in [5.41, 5.74) is 2.42. The third-order valence-electron chi connectivity index (χ3n) is 1.01.